The number of hydrogen-bond acceptors (Lipinski definition) is 4. The fourth-order valence-corrected chi connectivity index (χ4v) is 0.792. The third kappa shape index (κ3) is 2.45. The number of aliphatic carboxylic acids is 1. The zero-order chi connectivity index (χ0) is 8.27. The average molecular weight is 160 g/mol. The van der Waals surface area contributed by atoms with E-state index in [0.717, 1.165) is 0 Å². The van der Waals surface area contributed by atoms with Crippen LogP contribution < -0.4 is 0 Å². The lowest BCUT2D eigenvalue weighted by atomic mass is 10.2. The third-order valence-corrected chi connectivity index (χ3v) is 1.33. The molecule has 0 bridgehead atoms. The van der Waals surface area contributed by atoms with Gasteiger partial charge >= 0.3 is 12.1 Å². The number of carbonyl (C=O) groups is 2. The molecule has 1 N–H and O–H groups in total. The van der Waals surface area contributed by atoms with Crippen LogP contribution in [0.5, 0.6) is 0 Å². The minimum Gasteiger partial charge on any atom is -0.481 e. The molecule has 0 aromatic rings. The molecule has 0 amide bonds. The maximum Gasteiger partial charge on any atom is 0.508 e. The van der Waals surface area contributed by atoms with Crippen molar-refractivity contribution < 1.29 is 24.2 Å². The second-order valence-electron chi connectivity index (χ2n) is 2.23. The van der Waals surface area contributed by atoms with Crippen LogP contribution in [0.25, 0.3) is 0 Å². The predicted octanol–water partition coefficient (Wildman–Crippen LogP) is 0.387. The van der Waals surface area contributed by atoms with E-state index in [0.29, 0.717) is 6.42 Å². The van der Waals surface area contributed by atoms with Gasteiger partial charge in [-0.15, -0.1) is 0 Å². The van der Waals surface area contributed by atoms with E-state index in [1.807, 2.05) is 0 Å². The first-order valence-corrected chi connectivity index (χ1v) is 3.23. The van der Waals surface area contributed by atoms with Gasteiger partial charge in [0.25, 0.3) is 0 Å². The molecule has 11 heavy (non-hydrogen) atoms. The largest absolute Gasteiger partial charge is 0.508 e. The number of rotatable bonds is 3. The van der Waals surface area contributed by atoms with Gasteiger partial charge in [0.15, 0.2) is 0 Å². The topological polar surface area (TPSA) is 72.8 Å². The lowest BCUT2D eigenvalue weighted by molar-refractivity contribution is -0.137. The molecule has 1 rings (SSSR count). The summed E-state index contributed by atoms with van der Waals surface area (Å²) < 4.78 is 9.03. The van der Waals surface area contributed by atoms with Crippen LogP contribution >= 0.6 is 0 Å². The number of carboxylic acids is 1. The second-order valence-corrected chi connectivity index (χ2v) is 2.23. The SMILES string of the molecule is O=C(O)CCC1COC(=O)O1. The van der Waals surface area contributed by atoms with Crippen LogP contribution in [-0.2, 0) is 14.3 Å². The van der Waals surface area contributed by atoms with Crippen LogP contribution in [0.3, 0.4) is 0 Å². The maximum atomic E-state index is 10.3. The Morgan fingerprint density at radius 2 is 2.45 bits per heavy atom. The van der Waals surface area contributed by atoms with Crippen LogP contribution in [0.2, 0.25) is 0 Å². The van der Waals surface area contributed by atoms with E-state index in [1.165, 1.54) is 0 Å². The van der Waals surface area contributed by atoms with Crippen molar-refractivity contribution in [2.24, 2.45) is 0 Å². The predicted molar refractivity (Wildman–Crippen MR) is 33.1 cm³/mol. The molecule has 0 saturated carbocycles. The Morgan fingerprint density at radius 3 is 2.91 bits per heavy atom. The van der Waals surface area contributed by atoms with E-state index >= 15 is 0 Å². The minimum absolute atomic E-state index is 0.00130. The molecule has 0 spiro atoms. The van der Waals surface area contributed by atoms with Gasteiger partial charge in [0.05, 0.1) is 0 Å². The molecule has 0 aliphatic carbocycles. The van der Waals surface area contributed by atoms with E-state index in [9.17, 15) is 9.59 Å². The number of cyclic esters (lactones) is 2. The first kappa shape index (κ1) is 7.84. The van der Waals surface area contributed by atoms with Gasteiger partial charge in [-0.25, -0.2) is 4.79 Å². The Labute approximate surface area is 62.9 Å². The lowest BCUT2D eigenvalue weighted by Gasteiger charge is -2.01. The van der Waals surface area contributed by atoms with Gasteiger partial charge in [-0.3, -0.25) is 4.79 Å². The van der Waals surface area contributed by atoms with Gasteiger partial charge in [0.1, 0.15) is 12.7 Å². The van der Waals surface area contributed by atoms with E-state index < -0.39 is 12.1 Å². The molecule has 1 unspecified atom stereocenters. The van der Waals surface area contributed by atoms with Crippen molar-refractivity contribution in [3.8, 4) is 0 Å². The van der Waals surface area contributed by atoms with Gasteiger partial charge in [-0.2, -0.15) is 0 Å². The van der Waals surface area contributed by atoms with Crippen molar-refractivity contribution in [1.29, 1.82) is 0 Å². The zero-order valence-corrected chi connectivity index (χ0v) is 5.78. The molecular weight excluding hydrogens is 152 g/mol. The summed E-state index contributed by atoms with van der Waals surface area (Å²) in [5.74, 6) is -0.895. The zero-order valence-electron chi connectivity index (χ0n) is 5.78. The molecule has 5 nitrogen and oxygen atoms in total. The summed E-state index contributed by atoms with van der Waals surface area (Å²) in [6.45, 7) is 0.173. The summed E-state index contributed by atoms with van der Waals surface area (Å²) >= 11 is 0. The molecule has 1 saturated heterocycles. The maximum absolute atomic E-state index is 10.3. The Bertz CT molecular complexity index is 176. The van der Waals surface area contributed by atoms with Gasteiger partial charge in [0.2, 0.25) is 0 Å². The normalized spacial score (nSPS) is 22.5. The minimum atomic E-state index is -0.895. The Balaban J connectivity index is 2.18. The molecule has 1 aliphatic heterocycles. The molecule has 1 heterocycles. The highest BCUT2D eigenvalue weighted by atomic mass is 16.8. The standard InChI is InChI=1S/C6H8O5/c7-5(8)2-1-4-3-10-6(9)11-4/h4H,1-3H2,(H,7,8). The molecule has 1 fully saturated rings. The van der Waals surface area contributed by atoms with Crippen molar-refractivity contribution in [2.45, 2.75) is 18.9 Å². The molecular formula is C6H8O5. The fraction of sp³-hybridized carbons (Fsp3) is 0.667. The Morgan fingerprint density at radius 1 is 1.73 bits per heavy atom. The molecule has 62 valence electrons. The van der Waals surface area contributed by atoms with E-state index in [4.69, 9.17) is 5.11 Å². The van der Waals surface area contributed by atoms with Gasteiger partial charge in [-0.1, -0.05) is 0 Å². The van der Waals surface area contributed by atoms with Crippen LogP contribution in [0.1, 0.15) is 12.8 Å². The molecule has 0 aromatic heterocycles. The van der Waals surface area contributed by atoms with E-state index in [1.54, 1.807) is 0 Å². The van der Waals surface area contributed by atoms with Gasteiger partial charge in [-0.05, 0) is 6.42 Å². The molecule has 0 radical (unpaired) electrons. The van der Waals surface area contributed by atoms with Crippen LogP contribution in [0, 0.1) is 0 Å². The van der Waals surface area contributed by atoms with E-state index in [-0.39, 0.29) is 19.1 Å². The first-order chi connectivity index (χ1) is 5.18. The average Bonchev–Trinajstić information content (AvgIpc) is 2.31. The van der Waals surface area contributed by atoms with Crippen molar-refractivity contribution in [3.05, 3.63) is 0 Å². The summed E-state index contributed by atoms with van der Waals surface area (Å²) in [6.07, 6.45) is -0.762. The summed E-state index contributed by atoms with van der Waals surface area (Å²) in [6, 6.07) is 0. The summed E-state index contributed by atoms with van der Waals surface area (Å²) in [4.78, 5) is 20.4. The van der Waals surface area contributed by atoms with Crippen molar-refractivity contribution in [1.82, 2.24) is 0 Å². The van der Waals surface area contributed by atoms with Crippen molar-refractivity contribution >= 4 is 12.1 Å². The summed E-state index contributed by atoms with van der Waals surface area (Å²) in [5, 5.41) is 8.26. The Kier molecular flexibility index (Phi) is 2.30. The number of carbonyl (C=O) groups excluding carboxylic acids is 1. The quantitative estimate of drug-likeness (QED) is 0.604. The van der Waals surface area contributed by atoms with Crippen molar-refractivity contribution in [3.63, 3.8) is 0 Å². The summed E-state index contributed by atoms with van der Waals surface area (Å²) in [7, 11) is 0. The van der Waals surface area contributed by atoms with E-state index in [2.05, 4.69) is 9.47 Å². The molecule has 0 aromatic carbocycles. The molecule has 5 heteroatoms. The van der Waals surface area contributed by atoms with Gasteiger partial charge < -0.3 is 14.6 Å². The van der Waals surface area contributed by atoms with Crippen LogP contribution in [-0.4, -0.2) is 29.9 Å². The highest BCUT2D eigenvalue weighted by molar-refractivity contribution is 5.67. The molecule has 1 aliphatic rings. The summed E-state index contributed by atoms with van der Waals surface area (Å²) in [5.41, 5.74) is 0. The third-order valence-electron chi connectivity index (χ3n) is 1.33. The lowest BCUT2D eigenvalue weighted by Crippen LogP contribution is -2.11. The van der Waals surface area contributed by atoms with Gasteiger partial charge in [0, 0.05) is 6.42 Å². The number of ether oxygens (including phenoxy) is 2. The van der Waals surface area contributed by atoms with Crippen LogP contribution in [0.4, 0.5) is 4.79 Å². The van der Waals surface area contributed by atoms with Crippen LogP contribution in [0.15, 0.2) is 0 Å². The Hall–Kier alpha value is -1.26. The number of hydrogen-bond donors (Lipinski definition) is 1. The molecule has 1 atom stereocenters. The highest BCUT2D eigenvalue weighted by Gasteiger charge is 2.24. The monoisotopic (exact) mass is 160 g/mol. The highest BCUT2D eigenvalue weighted by Crippen LogP contribution is 2.11. The van der Waals surface area contributed by atoms with Crippen molar-refractivity contribution in [2.75, 3.05) is 6.61 Å². The smallest absolute Gasteiger partial charge is 0.481 e. The number of carboxylic acid groups (broad SMARTS) is 1. The fourth-order valence-electron chi connectivity index (χ4n) is 0.792. The first-order valence-electron chi connectivity index (χ1n) is 3.23. The second kappa shape index (κ2) is 3.23.